The Balaban J connectivity index is 1.12. The van der Waals surface area contributed by atoms with Crippen molar-refractivity contribution in [3.05, 3.63) is 303 Å². The first-order valence-corrected chi connectivity index (χ1v) is 25.5. The molecule has 2 aliphatic carbocycles. The van der Waals surface area contributed by atoms with Crippen LogP contribution in [0.3, 0.4) is 0 Å². The molecule has 0 radical (unpaired) electrons. The molecule has 0 saturated heterocycles. The molecule has 0 aliphatic heterocycles. The molecule has 1 heteroatoms. The summed E-state index contributed by atoms with van der Waals surface area (Å²) in [5.41, 5.74) is 25.3. The van der Waals surface area contributed by atoms with Crippen LogP contribution in [0.15, 0.2) is 237 Å². The fourth-order valence-electron chi connectivity index (χ4n) is 12.3. The fraction of sp³-hybridized carbons (Fsp3) is 0.143. The molecule has 2 atom stereocenters. The Bertz CT molecular complexity index is 3400. The van der Waals surface area contributed by atoms with Crippen molar-refractivity contribution in [2.45, 2.75) is 64.2 Å². The topological polar surface area (TPSA) is 3.24 Å². The molecule has 12 rings (SSSR count). The molecule has 0 fully saturated rings. The van der Waals surface area contributed by atoms with Gasteiger partial charge in [-0.15, -0.1) is 0 Å². The van der Waals surface area contributed by atoms with Gasteiger partial charge in [-0.05, 0) is 151 Å². The van der Waals surface area contributed by atoms with E-state index in [0.717, 1.165) is 17.1 Å². The molecule has 10 aromatic carbocycles. The SMILES string of the molecule is Cc1cccc(C2(c3ccccc3)c3ccccc3-c3ccc(N(c4ccc(-c5cc(C(C)C)cc(C(C)C)c5)cc4)c4ccc5c(c4)C(c4ccccc4)(c4cccc(C)c4)c4ccccc4-5)cc32)c1. The molecule has 0 saturated carbocycles. The average molecular weight is 914 g/mol. The molecule has 0 heterocycles. The number of hydrogen-bond acceptors (Lipinski definition) is 1. The predicted octanol–water partition coefficient (Wildman–Crippen LogP) is 18.4. The van der Waals surface area contributed by atoms with E-state index in [1.807, 2.05) is 0 Å². The van der Waals surface area contributed by atoms with E-state index in [9.17, 15) is 0 Å². The molecular weight excluding hydrogens is 855 g/mol. The third-order valence-electron chi connectivity index (χ3n) is 15.7. The maximum absolute atomic E-state index is 2.51. The standard InChI is InChI=1S/C70H59N/c1-46(2)51-41-52(47(3)4)43-53(42-51)50-31-33-58(34-32-50)71(59-35-37-63-61-27-13-15-29-65(61)69(67(63)44-59,54-21-9-7-10-22-54)56-25-17-19-48(5)39-56)60-36-38-64-62-28-14-16-30-66(62)70(68(64)45-60,55-23-11-8-12-24-55)57-26-18-20-49(6)40-57/h7-47H,1-6H3. The smallest absolute Gasteiger partial charge is 0.0714 e. The largest absolute Gasteiger partial charge is 0.310 e. The minimum atomic E-state index is -0.548. The summed E-state index contributed by atoms with van der Waals surface area (Å²) < 4.78 is 0. The van der Waals surface area contributed by atoms with E-state index in [4.69, 9.17) is 0 Å². The van der Waals surface area contributed by atoms with Gasteiger partial charge in [-0.3, -0.25) is 0 Å². The molecule has 0 spiro atoms. The molecule has 344 valence electrons. The van der Waals surface area contributed by atoms with Gasteiger partial charge in [0.15, 0.2) is 0 Å². The first kappa shape index (κ1) is 44.2. The molecule has 0 aromatic heterocycles. The van der Waals surface area contributed by atoms with E-state index < -0.39 is 10.8 Å². The Labute approximate surface area is 420 Å². The lowest BCUT2D eigenvalue weighted by atomic mass is 9.67. The quantitative estimate of drug-likeness (QED) is 0.132. The Hall–Kier alpha value is -8.00. The molecule has 0 N–H and O–H groups in total. The number of rotatable bonds is 10. The molecule has 71 heavy (non-hydrogen) atoms. The van der Waals surface area contributed by atoms with Crippen LogP contribution in [0.5, 0.6) is 0 Å². The zero-order valence-electron chi connectivity index (χ0n) is 41.6. The van der Waals surface area contributed by atoms with Crippen molar-refractivity contribution in [1.82, 2.24) is 0 Å². The van der Waals surface area contributed by atoms with Crippen LogP contribution in [0.2, 0.25) is 0 Å². The number of hydrogen-bond donors (Lipinski definition) is 0. The molecule has 10 aromatic rings. The first-order valence-electron chi connectivity index (χ1n) is 25.5. The third-order valence-corrected chi connectivity index (χ3v) is 15.7. The van der Waals surface area contributed by atoms with Crippen LogP contribution in [0.25, 0.3) is 33.4 Å². The van der Waals surface area contributed by atoms with Crippen LogP contribution < -0.4 is 4.90 Å². The summed E-state index contributed by atoms with van der Waals surface area (Å²) in [5.74, 6) is 0.870. The zero-order valence-corrected chi connectivity index (χ0v) is 41.6. The van der Waals surface area contributed by atoms with Crippen molar-refractivity contribution in [2.75, 3.05) is 4.90 Å². The Morgan fingerprint density at radius 2 is 0.690 bits per heavy atom. The summed E-state index contributed by atoms with van der Waals surface area (Å²) in [6.07, 6.45) is 0. The van der Waals surface area contributed by atoms with Crippen LogP contribution in [-0.4, -0.2) is 0 Å². The van der Waals surface area contributed by atoms with Gasteiger partial charge in [-0.25, -0.2) is 0 Å². The van der Waals surface area contributed by atoms with E-state index >= 15 is 0 Å². The Morgan fingerprint density at radius 3 is 1.13 bits per heavy atom. The lowest BCUT2D eigenvalue weighted by molar-refractivity contribution is 0.766. The second-order valence-electron chi connectivity index (χ2n) is 20.6. The lowest BCUT2D eigenvalue weighted by Crippen LogP contribution is -2.29. The molecular formula is C70H59N. The van der Waals surface area contributed by atoms with Gasteiger partial charge >= 0.3 is 0 Å². The van der Waals surface area contributed by atoms with Gasteiger partial charge in [0.1, 0.15) is 0 Å². The lowest BCUT2D eigenvalue weighted by Gasteiger charge is -2.36. The monoisotopic (exact) mass is 913 g/mol. The van der Waals surface area contributed by atoms with E-state index in [1.165, 1.54) is 100 Å². The number of nitrogens with zero attached hydrogens (tertiary/aromatic N) is 1. The Kier molecular flexibility index (Phi) is 10.9. The number of fused-ring (bicyclic) bond motifs is 6. The van der Waals surface area contributed by atoms with Crippen LogP contribution in [0.1, 0.15) is 106 Å². The van der Waals surface area contributed by atoms with Gasteiger partial charge in [-0.1, -0.05) is 239 Å². The number of aryl methyl sites for hydroxylation is 2. The summed E-state index contributed by atoms with van der Waals surface area (Å²) in [6, 6.07) is 89.9. The van der Waals surface area contributed by atoms with Crippen molar-refractivity contribution in [2.24, 2.45) is 0 Å². The summed E-state index contributed by atoms with van der Waals surface area (Å²) in [7, 11) is 0. The van der Waals surface area contributed by atoms with Crippen molar-refractivity contribution in [3.63, 3.8) is 0 Å². The highest BCUT2D eigenvalue weighted by Crippen LogP contribution is 2.60. The van der Waals surface area contributed by atoms with E-state index in [0.29, 0.717) is 11.8 Å². The highest BCUT2D eigenvalue weighted by atomic mass is 15.1. The van der Waals surface area contributed by atoms with Crippen LogP contribution >= 0.6 is 0 Å². The minimum absolute atomic E-state index is 0.435. The first-order chi connectivity index (χ1) is 34.7. The third kappa shape index (κ3) is 7.04. The molecule has 2 aliphatic rings. The maximum atomic E-state index is 2.51. The Morgan fingerprint density at radius 1 is 0.296 bits per heavy atom. The van der Waals surface area contributed by atoms with Gasteiger partial charge in [0, 0.05) is 17.1 Å². The maximum Gasteiger partial charge on any atom is 0.0714 e. The van der Waals surface area contributed by atoms with Crippen molar-refractivity contribution in [1.29, 1.82) is 0 Å². The second kappa shape index (κ2) is 17.4. The van der Waals surface area contributed by atoms with Gasteiger partial charge in [0.25, 0.3) is 0 Å². The van der Waals surface area contributed by atoms with Crippen molar-refractivity contribution in [3.8, 4) is 33.4 Å². The van der Waals surface area contributed by atoms with Gasteiger partial charge in [-0.2, -0.15) is 0 Å². The van der Waals surface area contributed by atoms with Gasteiger partial charge in [0.2, 0.25) is 0 Å². The summed E-state index contributed by atoms with van der Waals surface area (Å²) in [6.45, 7) is 13.6. The summed E-state index contributed by atoms with van der Waals surface area (Å²) >= 11 is 0. The van der Waals surface area contributed by atoms with Gasteiger partial charge in [0.05, 0.1) is 10.8 Å². The highest BCUT2D eigenvalue weighted by Gasteiger charge is 2.48. The van der Waals surface area contributed by atoms with Crippen LogP contribution in [0, 0.1) is 13.8 Å². The average Bonchev–Trinajstić information content (AvgIpc) is 3.87. The normalized spacial score (nSPS) is 16.4. The highest BCUT2D eigenvalue weighted by molar-refractivity contribution is 5.92. The van der Waals surface area contributed by atoms with E-state index in [-0.39, 0.29) is 0 Å². The molecule has 0 bridgehead atoms. The summed E-state index contributed by atoms with van der Waals surface area (Å²) in [4.78, 5) is 2.51. The van der Waals surface area contributed by atoms with E-state index in [1.54, 1.807) is 0 Å². The number of benzene rings is 10. The molecule has 2 unspecified atom stereocenters. The molecule has 1 nitrogen and oxygen atoms in total. The van der Waals surface area contributed by atoms with Crippen molar-refractivity contribution < 1.29 is 0 Å². The second-order valence-corrected chi connectivity index (χ2v) is 20.6. The van der Waals surface area contributed by atoms with Crippen LogP contribution in [0.4, 0.5) is 17.1 Å². The van der Waals surface area contributed by atoms with E-state index in [2.05, 4.69) is 283 Å². The van der Waals surface area contributed by atoms with Crippen molar-refractivity contribution >= 4 is 17.1 Å². The minimum Gasteiger partial charge on any atom is -0.310 e. The summed E-state index contributed by atoms with van der Waals surface area (Å²) in [5, 5.41) is 0. The zero-order chi connectivity index (χ0) is 48.4. The number of anilines is 3. The molecule has 0 amide bonds. The van der Waals surface area contributed by atoms with Crippen LogP contribution in [-0.2, 0) is 10.8 Å². The fourth-order valence-corrected chi connectivity index (χ4v) is 12.3. The predicted molar refractivity (Wildman–Crippen MR) is 299 cm³/mol. The van der Waals surface area contributed by atoms with Gasteiger partial charge < -0.3 is 4.90 Å².